The molecular weight excluding hydrogens is 1020 g/mol. The van der Waals surface area contributed by atoms with Gasteiger partial charge in [0, 0.05) is 116 Å². The summed E-state index contributed by atoms with van der Waals surface area (Å²) in [6.07, 6.45) is 0. The van der Waals surface area contributed by atoms with Gasteiger partial charge in [-0.25, -0.2) is 0 Å². The molecule has 0 unspecified atom stereocenters. The molecule has 0 saturated carbocycles. The first kappa shape index (κ1) is 44.7. The summed E-state index contributed by atoms with van der Waals surface area (Å²) in [5, 5.41) is 7.27. The number of hydrogen-bond acceptors (Lipinski definition) is 5. The number of fused-ring (bicyclic) bond motifs is 13. The highest BCUT2D eigenvalue weighted by molar-refractivity contribution is 8.00. The maximum absolute atomic E-state index is 7.59. The Balaban J connectivity index is 0.803. The Morgan fingerprint density at radius 2 is 0.939 bits per heavy atom. The van der Waals surface area contributed by atoms with Gasteiger partial charge in [0.15, 0.2) is 0 Å². The van der Waals surface area contributed by atoms with E-state index >= 15 is 0 Å². The number of benzene rings is 12. The van der Waals surface area contributed by atoms with Crippen molar-refractivity contribution in [2.45, 2.75) is 16.7 Å². The Kier molecular flexibility index (Phi) is 9.01. The van der Waals surface area contributed by atoms with E-state index < -0.39 is 0 Å². The lowest BCUT2D eigenvalue weighted by atomic mass is 9.30. The highest BCUT2D eigenvalue weighted by atomic mass is 32.2. The average molecular weight is 1060 g/mol. The summed E-state index contributed by atoms with van der Waals surface area (Å²) in [5.74, 6) is 1.83. The Hall–Kier alpha value is -10.1. The van der Waals surface area contributed by atoms with Crippen LogP contribution >= 0.6 is 11.8 Å². The monoisotopic (exact) mass is 1060 g/mol. The standard InChI is InChI=1S/C73H44B2N4O2S/c1-43-72-67-71-68-73(43)82-66-42-50(76(44-17-5-2-6-18-44)47-31-35-52-51-23-11-13-29-61(51)78(62(52)39-47)46-21-9-4-10-22-46)34-38-58(66)75(68)60-28-16-26-56-55-25-15-27-59(69(55)79(71)70(56)60)74(67)57-37-33-49(41-65(57)81-72)77(45-19-7-3-8-20-45)48-32-36-54-53-24-12-14-30-63(53)80-64(54)40-48/h2-42H,1H3. The molecule has 15 aromatic rings. The summed E-state index contributed by atoms with van der Waals surface area (Å²) in [7, 11) is 0. The van der Waals surface area contributed by atoms with Crippen molar-refractivity contribution >= 4 is 158 Å². The SMILES string of the molecule is Cc1c2c3c4c5c1Sc1cc(N(c6ccccc6)c6ccc7c8ccccc8n(-c8ccccc8)c7c6)ccc1B5c1cccc5c6cccc(c6n-4c15)B3c1ccc(N(c3ccccc3)c3ccc4c(c3)oc3ccccc34)cc1O2. The topological polar surface area (TPSA) is 38.7 Å². The number of ether oxygens (including phenoxy) is 1. The van der Waals surface area contributed by atoms with Crippen LogP contribution in [0.5, 0.6) is 11.5 Å². The van der Waals surface area contributed by atoms with Gasteiger partial charge in [0.05, 0.1) is 11.0 Å². The van der Waals surface area contributed by atoms with Crippen molar-refractivity contribution in [3.05, 3.63) is 254 Å². The van der Waals surface area contributed by atoms with Crippen LogP contribution in [-0.2, 0) is 0 Å². The fourth-order valence-electron chi connectivity index (χ4n) is 14.8. The van der Waals surface area contributed by atoms with Crippen LogP contribution in [0.15, 0.2) is 263 Å². The molecule has 380 valence electrons. The molecular formula is C73H44B2N4O2S. The molecule has 0 amide bonds. The summed E-state index contributed by atoms with van der Waals surface area (Å²) in [6, 6.07) is 91.0. The van der Waals surface area contributed by atoms with Crippen LogP contribution in [0.25, 0.3) is 76.9 Å². The molecule has 6 nitrogen and oxygen atoms in total. The number of para-hydroxylation sites is 7. The van der Waals surface area contributed by atoms with Crippen LogP contribution in [-0.4, -0.2) is 22.6 Å². The molecule has 0 N–H and O–H groups in total. The molecule has 82 heavy (non-hydrogen) atoms. The normalized spacial score (nSPS) is 13.2. The minimum atomic E-state index is -0.0438. The first-order chi connectivity index (χ1) is 40.6. The lowest BCUT2D eigenvalue weighted by Crippen LogP contribution is -2.65. The lowest BCUT2D eigenvalue weighted by molar-refractivity contribution is 0.482. The molecule has 19 rings (SSSR count). The molecule has 4 aliphatic rings. The van der Waals surface area contributed by atoms with Crippen LogP contribution in [0.3, 0.4) is 0 Å². The highest BCUT2D eigenvalue weighted by Crippen LogP contribution is 2.49. The zero-order valence-electron chi connectivity index (χ0n) is 44.3. The van der Waals surface area contributed by atoms with E-state index in [1.54, 1.807) is 0 Å². The smallest absolute Gasteiger partial charge is 0.256 e. The average Bonchev–Trinajstić information content (AvgIpc) is 4.01. The van der Waals surface area contributed by atoms with E-state index in [1.165, 1.54) is 97.4 Å². The highest BCUT2D eigenvalue weighted by Gasteiger charge is 2.49. The van der Waals surface area contributed by atoms with E-state index in [4.69, 9.17) is 9.15 Å². The van der Waals surface area contributed by atoms with Gasteiger partial charge in [-0.3, -0.25) is 0 Å². The van der Waals surface area contributed by atoms with E-state index in [2.05, 4.69) is 262 Å². The molecule has 7 heterocycles. The molecule has 4 aliphatic heterocycles. The van der Waals surface area contributed by atoms with Gasteiger partial charge < -0.3 is 28.1 Å². The molecule has 0 fully saturated rings. The fourth-order valence-corrected chi connectivity index (χ4v) is 16.0. The molecule has 3 aromatic heterocycles. The molecule has 0 saturated heterocycles. The first-order valence-corrected chi connectivity index (χ1v) is 29.0. The summed E-state index contributed by atoms with van der Waals surface area (Å²) in [4.78, 5) is 7.28. The molecule has 0 bridgehead atoms. The third kappa shape index (κ3) is 5.97. The largest absolute Gasteiger partial charge is 0.458 e. The van der Waals surface area contributed by atoms with Gasteiger partial charge in [-0.15, -0.1) is 0 Å². The summed E-state index contributed by atoms with van der Waals surface area (Å²) < 4.78 is 19.1. The van der Waals surface area contributed by atoms with E-state index in [-0.39, 0.29) is 13.4 Å². The van der Waals surface area contributed by atoms with Crippen molar-refractivity contribution in [3.8, 4) is 22.9 Å². The molecule has 0 spiro atoms. The van der Waals surface area contributed by atoms with Gasteiger partial charge in [0.1, 0.15) is 22.7 Å². The van der Waals surface area contributed by atoms with Gasteiger partial charge >= 0.3 is 0 Å². The molecule has 9 heteroatoms. The van der Waals surface area contributed by atoms with Crippen LogP contribution in [0.2, 0.25) is 0 Å². The number of aromatic nitrogens is 2. The minimum absolute atomic E-state index is 0.0115. The number of furan rings is 1. The van der Waals surface area contributed by atoms with Crippen LogP contribution in [0.1, 0.15) is 5.56 Å². The van der Waals surface area contributed by atoms with E-state index in [0.717, 1.165) is 73.2 Å². The Morgan fingerprint density at radius 3 is 1.67 bits per heavy atom. The second-order valence-corrected chi connectivity index (χ2v) is 23.4. The van der Waals surface area contributed by atoms with Crippen molar-refractivity contribution in [2.24, 2.45) is 0 Å². The maximum Gasteiger partial charge on any atom is 0.256 e. The van der Waals surface area contributed by atoms with Crippen molar-refractivity contribution in [2.75, 3.05) is 9.80 Å². The summed E-state index contributed by atoms with van der Waals surface area (Å²) in [5.41, 5.74) is 24.5. The Labute approximate surface area is 476 Å². The second kappa shape index (κ2) is 16.5. The minimum Gasteiger partial charge on any atom is -0.458 e. The van der Waals surface area contributed by atoms with E-state index in [9.17, 15) is 0 Å². The zero-order chi connectivity index (χ0) is 53.5. The maximum atomic E-state index is 7.59. The molecule has 0 aliphatic carbocycles. The quantitative estimate of drug-likeness (QED) is 0.149. The first-order valence-electron chi connectivity index (χ1n) is 28.2. The fraction of sp³-hybridized carbons (Fsp3) is 0.0137. The van der Waals surface area contributed by atoms with Crippen molar-refractivity contribution in [3.63, 3.8) is 0 Å². The summed E-state index contributed by atoms with van der Waals surface area (Å²) in [6.45, 7) is 2.28. The number of anilines is 6. The van der Waals surface area contributed by atoms with Gasteiger partial charge in [-0.2, -0.15) is 0 Å². The Bertz CT molecular complexity index is 5280. The zero-order valence-corrected chi connectivity index (χ0v) is 45.2. The third-order valence-electron chi connectivity index (χ3n) is 18.1. The Morgan fingerprint density at radius 1 is 0.390 bits per heavy atom. The lowest BCUT2D eigenvalue weighted by Gasteiger charge is -2.42. The van der Waals surface area contributed by atoms with Gasteiger partial charge in [0.2, 0.25) is 6.71 Å². The number of rotatable bonds is 7. The van der Waals surface area contributed by atoms with E-state index in [1.807, 2.05) is 23.9 Å². The second-order valence-electron chi connectivity index (χ2n) is 22.3. The molecule has 0 radical (unpaired) electrons. The van der Waals surface area contributed by atoms with Crippen LogP contribution in [0, 0.1) is 6.92 Å². The van der Waals surface area contributed by atoms with E-state index in [0.29, 0.717) is 0 Å². The van der Waals surface area contributed by atoms with Gasteiger partial charge in [0.25, 0.3) is 6.71 Å². The predicted octanol–water partition coefficient (Wildman–Crippen LogP) is 15.3. The van der Waals surface area contributed by atoms with Crippen LogP contribution < -0.4 is 47.3 Å². The number of hydrogen-bond donors (Lipinski definition) is 0. The predicted molar refractivity (Wildman–Crippen MR) is 343 cm³/mol. The summed E-state index contributed by atoms with van der Waals surface area (Å²) >= 11 is 1.90. The van der Waals surface area contributed by atoms with Gasteiger partial charge in [-0.05, 0) is 125 Å². The van der Waals surface area contributed by atoms with Crippen LogP contribution in [0.4, 0.5) is 34.1 Å². The molecule has 12 aromatic carbocycles. The van der Waals surface area contributed by atoms with Gasteiger partial charge in [-0.1, -0.05) is 163 Å². The van der Waals surface area contributed by atoms with Crippen molar-refractivity contribution in [1.82, 2.24) is 9.13 Å². The number of nitrogens with zero attached hydrogens (tertiary/aromatic N) is 4. The van der Waals surface area contributed by atoms with Crippen molar-refractivity contribution in [1.29, 1.82) is 0 Å². The third-order valence-corrected chi connectivity index (χ3v) is 19.4. The van der Waals surface area contributed by atoms with Crippen molar-refractivity contribution < 1.29 is 9.15 Å². The molecule has 0 atom stereocenters.